The zero-order valence-corrected chi connectivity index (χ0v) is 51.0. The molecule has 0 saturated heterocycles. The fourth-order valence-corrected chi connectivity index (χ4v) is 31.8. The van der Waals surface area contributed by atoms with Crippen molar-refractivity contribution in [1.29, 1.82) is 0 Å². The maximum atomic E-state index is 11.9. The smallest absolute Gasteiger partial charge is 0.396 e. The Kier molecular flexibility index (Phi) is 30.3. The molecule has 2 rings (SSSR count). The summed E-state index contributed by atoms with van der Waals surface area (Å²) in [5, 5.41) is 2.22. The van der Waals surface area contributed by atoms with Crippen LogP contribution in [0.25, 0.3) is 0 Å². The molecule has 0 spiro atoms. The van der Waals surface area contributed by atoms with Crippen LogP contribution in [0.15, 0.2) is 110 Å². The summed E-state index contributed by atoms with van der Waals surface area (Å²) >= 11 is 0. The normalized spacial score (nSPS) is 13.7. The molecule has 0 amide bonds. The van der Waals surface area contributed by atoms with Gasteiger partial charge in [0.1, 0.15) is 38.6 Å². The predicted octanol–water partition coefficient (Wildman–Crippen LogP) is 8.40. The first-order valence-corrected chi connectivity index (χ1v) is 41.4. The fraction of sp³-hybridized carbons (Fsp3) is 0.510. The van der Waals surface area contributed by atoms with Crippen LogP contribution < -0.4 is 10.4 Å². The lowest BCUT2D eigenvalue weighted by Gasteiger charge is -2.39. The van der Waals surface area contributed by atoms with E-state index in [0.29, 0.717) is 17.8 Å². The van der Waals surface area contributed by atoms with Crippen LogP contribution in [0.3, 0.4) is 0 Å². The molecule has 0 aliphatic heterocycles. The van der Waals surface area contributed by atoms with Crippen LogP contribution in [-0.2, 0) is 59.6 Å². The fourth-order valence-electron chi connectivity index (χ4n) is 6.60. The van der Waals surface area contributed by atoms with Crippen molar-refractivity contribution >= 4 is 94.4 Å². The molecule has 5 atom stereocenters. The van der Waals surface area contributed by atoms with Gasteiger partial charge in [-0.3, -0.25) is 0 Å². The van der Waals surface area contributed by atoms with Crippen LogP contribution in [-0.4, -0.2) is 134 Å². The molecular formula is C49H83O13PSi6. The van der Waals surface area contributed by atoms with Gasteiger partial charge < -0.3 is 40.5 Å². The van der Waals surface area contributed by atoms with Crippen LogP contribution in [0.1, 0.15) is 20.8 Å². The van der Waals surface area contributed by atoms with E-state index in [0.717, 1.165) is 67.5 Å². The second kappa shape index (κ2) is 32.7. The summed E-state index contributed by atoms with van der Waals surface area (Å²) in [5.74, 6) is -2.06. The number of rotatable bonds is 33. The van der Waals surface area contributed by atoms with Crippen molar-refractivity contribution in [3.05, 3.63) is 110 Å². The summed E-state index contributed by atoms with van der Waals surface area (Å²) < 4.78 is 53.8. The Hall–Kier alpha value is -3.19. The van der Waals surface area contributed by atoms with Gasteiger partial charge in [0, 0.05) is 29.9 Å². The number of hydrogen-bond acceptors (Lipinski definition) is 13. The molecule has 0 saturated carbocycles. The van der Waals surface area contributed by atoms with Crippen molar-refractivity contribution in [3.8, 4) is 0 Å². The molecule has 69 heavy (non-hydrogen) atoms. The molecule has 2 aromatic rings. The van der Waals surface area contributed by atoms with Crippen LogP contribution in [0, 0.1) is 0 Å². The van der Waals surface area contributed by atoms with E-state index in [9.17, 15) is 19.2 Å². The number of benzene rings is 2. The third-order valence-corrected chi connectivity index (χ3v) is 31.6. The van der Waals surface area contributed by atoms with Crippen LogP contribution >= 0.6 is 8.58 Å². The minimum absolute atomic E-state index is 0.0191. The van der Waals surface area contributed by atoms with Gasteiger partial charge in [0.25, 0.3) is 0 Å². The molecule has 13 nitrogen and oxygen atoms in total. The quantitative estimate of drug-likeness (QED) is 0.0168. The predicted molar refractivity (Wildman–Crippen MR) is 297 cm³/mol. The summed E-state index contributed by atoms with van der Waals surface area (Å²) in [6, 6.07) is 25.6. The molecule has 0 aliphatic rings. The van der Waals surface area contributed by atoms with Gasteiger partial charge >= 0.3 is 32.4 Å². The summed E-state index contributed by atoms with van der Waals surface area (Å²) in [7, 11) is -11.1. The number of esters is 4. The molecule has 0 N–H and O–H groups in total. The lowest BCUT2D eigenvalue weighted by atomic mass is 10.3. The summed E-state index contributed by atoms with van der Waals surface area (Å²) in [5.41, 5.74) is 0.618. The largest absolute Gasteiger partial charge is 0.460 e. The maximum absolute atomic E-state index is 11.9. The Morgan fingerprint density at radius 2 is 1.00 bits per heavy atom. The molecule has 0 radical (unpaired) electrons. The highest BCUT2D eigenvalue weighted by atomic mass is 31.1. The highest BCUT2D eigenvalue weighted by Gasteiger charge is 2.47. The van der Waals surface area contributed by atoms with E-state index in [4.69, 9.17) is 40.5 Å². The second-order valence-corrected chi connectivity index (χ2v) is 41.5. The van der Waals surface area contributed by atoms with E-state index in [1.807, 2.05) is 36.4 Å². The Balaban J connectivity index is 0.000000745. The molecule has 0 bridgehead atoms. The van der Waals surface area contributed by atoms with Crippen LogP contribution in [0.5, 0.6) is 0 Å². The van der Waals surface area contributed by atoms with Crippen LogP contribution in [0.4, 0.5) is 0 Å². The van der Waals surface area contributed by atoms with Crippen molar-refractivity contribution in [2.24, 2.45) is 0 Å². The number of carbonyl (C=O) groups is 4. The van der Waals surface area contributed by atoms with Crippen molar-refractivity contribution in [2.45, 2.75) is 116 Å². The van der Waals surface area contributed by atoms with E-state index < -0.39 is 87.7 Å². The standard InChI is InChI=1S/C30H45O7PSi3.C19H38O6Si3/c1-8-29(31)33-23-26(24-34-30(32)25(2)3)36-39(5)21-22-40(6,7)37-41(35-19-20-38-4,27-15-11-9-12-16-27)28-17-13-10-14-18-28;1-10-18(20)22-14-17(15-23-19(21)16(3)4)24-26(5)12-13-28(8,9)25-27(6,7)11-2/h8-18,26,38-39H,1-2,19-24H2,3-7H3;10,17,26H,1,3,11-15H2,2,4-9H3. The minimum Gasteiger partial charge on any atom is -0.460 e. The summed E-state index contributed by atoms with van der Waals surface area (Å²) in [6.07, 6.45) is 2.14. The number of hydrogen-bond donors (Lipinski definition) is 0. The molecule has 0 fully saturated rings. The van der Waals surface area contributed by atoms with Gasteiger partial charge in [-0.05, 0) is 120 Å². The molecular weight excluding hydrogens is 996 g/mol. The van der Waals surface area contributed by atoms with Crippen LogP contribution in [0.2, 0.25) is 82.6 Å². The molecule has 0 aliphatic carbocycles. The summed E-state index contributed by atoms with van der Waals surface area (Å²) in [6.45, 7) is 39.9. The SMILES string of the molecule is C=CC(=O)OCC(COC(=O)C(=C)C)O[SiH](C)CC[Si](C)(C)O[Si](C)(C)CC.C=CC(=O)OCC(COC(=O)C(=C)C)O[SiH](C)CC[Si](C)(C)O[Si](OCCPC)(c1ccccc1)c1ccccc1. The van der Waals surface area contributed by atoms with Gasteiger partial charge in [0.05, 0.1) is 0 Å². The van der Waals surface area contributed by atoms with Crippen molar-refractivity contribution in [1.82, 2.24) is 0 Å². The van der Waals surface area contributed by atoms with Gasteiger partial charge in [-0.15, -0.1) is 8.58 Å². The zero-order valence-electron chi connectivity index (χ0n) is 43.7. The molecule has 0 aromatic heterocycles. The number of carbonyl (C=O) groups excluding carboxylic acids is 4. The molecule has 386 valence electrons. The first-order valence-electron chi connectivity index (χ1n) is 23.7. The third-order valence-electron chi connectivity index (χ3n) is 10.6. The first-order chi connectivity index (χ1) is 32.3. The topological polar surface area (TPSA) is 151 Å². The van der Waals surface area contributed by atoms with E-state index >= 15 is 0 Å². The molecule has 5 unspecified atom stereocenters. The molecule has 0 heterocycles. The second-order valence-electron chi connectivity index (χ2n) is 18.8. The monoisotopic (exact) mass is 1080 g/mol. The Morgan fingerprint density at radius 1 is 0.623 bits per heavy atom. The maximum Gasteiger partial charge on any atom is 0.396 e. The Labute approximate surface area is 423 Å². The van der Waals surface area contributed by atoms with Crippen molar-refractivity contribution in [2.75, 3.05) is 45.9 Å². The van der Waals surface area contributed by atoms with E-state index in [2.05, 4.69) is 117 Å². The summed E-state index contributed by atoms with van der Waals surface area (Å²) in [4.78, 5) is 46.6. The lowest BCUT2D eigenvalue weighted by Crippen LogP contribution is -2.67. The first kappa shape index (κ1) is 63.8. The van der Waals surface area contributed by atoms with Gasteiger partial charge in [-0.2, -0.15) is 0 Å². The number of ether oxygens (including phenoxy) is 4. The van der Waals surface area contributed by atoms with E-state index in [1.54, 1.807) is 13.8 Å². The van der Waals surface area contributed by atoms with Gasteiger partial charge in [-0.1, -0.05) is 93.9 Å². The van der Waals surface area contributed by atoms with Crippen molar-refractivity contribution in [3.63, 3.8) is 0 Å². The van der Waals surface area contributed by atoms with E-state index in [1.165, 1.54) is 0 Å². The highest BCUT2D eigenvalue weighted by molar-refractivity contribution is 7.37. The average Bonchev–Trinajstić information content (AvgIpc) is 3.31. The highest BCUT2D eigenvalue weighted by Crippen LogP contribution is 2.25. The third kappa shape index (κ3) is 26.7. The lowest BCUT2D eigenvalue weighted by molar-refractivity contribution is -0.147. The molecule has 2 aromatic carbocycles. The average molecular weight is 1080 g/mol. The minimum atomic E-state index is -2.98. The van der Waals surface area contributed by atoms with Crippen molar-refractivity contribution < 1.29 is 59.6 Å². The Morgan fingerprint density at radius 3 is 1.35 bits per heavy atom. The van der Waals surface area contributed by atoms with Gasteiger partial charge in [0.15, 0.2) is 43.0 Å². The van der Waals surface area contributed by atoms with Gasteiger partial charge in [0.2, 0.25) is 0 Å². The van der Waals surface area contributed by atoms with Gasteiger partial charge in [-0.25, -0.2) is 19.2 Å². The van der Waals surface area contributed by atoms with E-state index in [-0.39, 0.29) is 26.4 Å². The zero-order chi connectivity index (χ0) is 52.3. The molecule has 20 heteroatoms. The Bertz CT molecular complexity index is 1880.